The second-order valence-electron chi connectivity index (χ2n) is 3.35. The van der Waals surface area contributed by atoms with Crippen LogP contribution in [-0.2, 0) is 14.3 Å². The lowest BCUT2D eigenvalue weighted by Gasteiger charge is -2.00. The molecule has 0 aliphatic carbocycles. The van der Waals surface area contributed by atoms with E-state index in [4.69, 9.17) is 9.47 Å². The van der Waals surface area contributed by atoms with E-state index in [1.54, 1.807) is 6.08 Å². The molecule has 0 amide bonds. The molecule has 0 aromatic heterocycles. The Hall–Kier alpha value is -0.830. The van der Waals surface area contributed by atoms with Crippen LogP contribution < -0.4 is 0 Å². The molecule has 0 atom stereocenters. The molecule has 0 fully saturated rings. The highest BCUT2D eigenvalue weighted by Gasteiger charge is 1.94. The summed E-state index contributed by atoms with van der Waals surface area (Å²) in [5.41, 5.74) is 0. The molecule has 88 valence electrons. The zero-order chi connectivity index (χ0) is 11.4. The summed E-state index contributed by atoms with van der Waals surface area (Å²) in [6.07, 6.45) is 7.28. The molecule has 0 rings (SSSR count). The summed E-state index contributed by atoms with van der Waals surface area (Å²) in [4.78, 5) is 11.0. The maximum atomic E-state index is 11.0. The van der Waals surface area contributed by atoms with Gasteiger partial charge in [0.25, 0.3) is 0 Å². The van der Waals surface area contributed by atoms with E-state index in [1.165, 1.54) is 6.08 Å². The van der Waals surface area contributed by atoms with E-state index in [2.05, 4.69) is 13.8 Å². The minimum Gasteiger partial charge on any atom is -0.463 e. The molecule has 0 spiro atoms. The Kier molecular flexibility index (Phi) is 10.6. The monoisotopic (exact) mass is 214 g/mol. The van der Waals surface area contributed by atoms with Crippen molar-refractivity contribution in [3.8, 4) is 0 Å². The van der Waals surface area contributed by atoms with E-state index in [1.807, 2.05) is 0 Å². The normalized spacial score (nSPS) is 10.8. The molecule has 0 aromatic carbocycles. The van der Waals surface area contributed by atoms with E-state index in [0.29, 0.717) is 13.2 Å². The molecule has 0 aromatic rings. The maximum Gasteiger partial charge on any atom is 0.330 e. The number of esters is 1. The fraction of sp³-hybridized carbons (Fsp3) is 0.750. The lowest BCUT2D eigenvalue weighted by Crippen LogP contribution is -2.02. The quantitative estimate of drug-likeness (QED) is 0.336. The van der Waals surface area contributed by atoms with Gasteiger partial charge in [0.15, 0.2) is 0 Å². The van der Waals surface area contributed by atoms with Gasteiger partial charge in [-0.2, -0.15) is 0 Å². The number of hydrogen-bond acceptors (Lipinski definition) is 3. The Labute approximate surface area is 92.5 Å². The van der Waals surface area contributed by atoms with E-state index in [-0.39, 0.29) is 5.97 Å². The molecular weight excluding hydrogens is 192 g/mol. The Morgan fingerprint density at radius 2 is 1.80 bits per heavy atom. The molecule has 0 unspecified atom stereocenters. The molecule has 0 saturated heterocycles. The molecule has 3 heteroatoms. The largest absolute Gasteiger partial charge is 0.463 e. The predicted molar refractivity (Wildman–Crippen MR) is 60.7 cm³/mol. The molecule has 0 radical (unpaired) electrons. The lowest BCUT2D eigenvalue weighted by atomic mass is 10.4. The van der Waals surface area contributed by atoms with Gasteiger partial charge < -0.3 is 9.47 Å². The van der Waals surface area contributed by atoms with Crippen LogP contribution in [-0.4, -0.2) is 25.8 Å². The van der Waals surface area contributed by atoms with Gasteiger partial charge in [-0.05, 0) is 12.8 Å². The molecule has 0 saturated carbocycles. The third-order valence-corrected chi connectivity index (χ3v) is 1.85. The molecule has 0 N–H and O–H groups in total. The van der Waals surface area contributed by atoms with Crippen molar-refractivity contribution in [3.05, 3.63) is 12.2 Å². The first-order valence-corrected chi connectivity index (χ1v) is 5.72. The third-order valence-electron chi connectivity index (χ3n) is 1.85. The molecule has 15 heavy (non-hydrogen) atoms. The summed E-state index contributed by atoms with van der Waals surface area (Å²) >= 11 is 0. The van der Waals surface area contributed by atoms with Crippen LogP contribution in [0.5, 0.6) is 0 Å². The van der Waals surface area contributed by atoms with Crippen molar-refractivity contribution in [2.45, 2.75) is 39.5 Å². The van der Waals surface area contributed by atoms with Crippen molar-refractivity contribution in [2.75, 3.05) is 19.8 Å². The molecule has 0 aliphatic rings. The first-order chi connectivity index (χ1) is 7.31. The Bertz CT molecular complexity index is 176. The molecular formula is C12H22O3. The van der Waals surface area contributed by atoms with Crippen LogP contribution in [0.1, 0.15) is 39.5 Å². The second kappa shape index (κ2) is 11.2. The van der Waals surface area contributed by atoms with E-state index >= 15 is 0 Å². The zero-order valence-corrected chi connectivity index (χ0v) is 9.83. The SMILES string of the molecule is CCCCOC/C=C/C(=O)OCCCC. The van der Waals surface area contributed by atoms with Crippen molar-refractivity contribution in [1.29, 1.82) is 0 Å². The van der Waals surface area contributed by atoms with Crippen LogP contribution in [0.2, 0.25) is 0 Å². The number of carbonyl (C=O) groups excluding carboxylic acids is 1. The van der Waals surface area contributed by atoms with Crippen molar-refractivity contribution in [1.82, 2.24) is 0 Å². The van der Waals surface area contributed by atoms with Gasteiger partial charge in [-0.15, -0.1) is 0 Å². The van der Waals surface area contributed by atoms with Crippen LogP contribution in [0.15, 0.2) is 12.2 Å². The van der Waals surface area contributed by atoms with Gasteiger partial charge in [0.1, 0.15) is 0 Å². The maximum absolute atomic E-state index is 11.0. The summed E-state index contributed by atoms with van der Waals surface area (Å²) < 4.78 is 10.2. The number of hydrogen-bond donors (Lipinski definition) is 0. The summed E-state index contributed by atoms with van der Waals surface area (Å²) in [6, 6.07) is 0. The van der Waals surface area contributed by atoms with Gasteiger partial charge in [-0.1, -0.05) is 32.8 Å². The van der Waals surface area contributed by atoms with Crippen LogP contribution in [0.3, 0.4) is 0 Å². The number of carbonyl (C=O) groups is 1. The predicted octanol–water partition coefficient (Wildman–Crippen LogP) is 2.70. The van der Waals surface area contributed by atoms with Crippen molar-refractivity contribution in [3.63, 3.8) is 0 Å². The van der Waals surface area contributed by atoms with E-state index in [0.717, 1.165) is 32.3 Å². The summed E-state index contributed by atoms with van der Waals surface area (Å²) in [7, 11) is 0. The van der Waals surface area contributed by atoms with Crippen LogP contribution >= 0.6 is 0 Å². The Morgan fingerprint density at radius 1 is 1.13 bits per heavy atom. The molecule has 0 heterocycles. The van der Waals surface area contributed by atoms with Gasteiger partial charge in [0.2, 0.25) is 0 Å². The van der Waals surface area contributed by atoms with Crippen LogP contribution in [0, 0.1) is 0 Å². The smallest absolute Gasteiger partial charge is 0.330 e. The van der Waals surface area contributed by atoms with Gasteiger partial charge in [-0.25, -0.2) is 4.79 Å². The number of ether oxygens (including phenoxy) is 2. The molecule has 0 bridgehead atoms. The third kappa shape index (κ3) is 11.1. The van der Waals surface area contributed by atoms with Gasteiger partial charge in [0, 0.05) is 12.7 Å². The highest BCUT2D eigenvalue weighted by Crippen LogP contribution is 1.91. The zero-order valence-electron chi connectivity index (χ0n) is 9.83. The van der Waals surface area contributed by atoms with Crippen LogP contribution in [0.25, 0.3) is 0 Å². The standard InChI is InChI=1S/C12H22O3/c1-3-5-9-14-10-7-8-12(13)15-11-6-4-2/h7-8H,3-6,9-11H2,1-2H3/b8-7+. The first-order valence-electron chi connectivity index (χ1n) is 5.72. The Morgan fingerprint density at radius 3 is 2.47 bits per heavy atom. The van der Waals surface area contributed by atoms with Crippen molar-refractivity contribution < 1.29 is 14.3 Å². The fourth-order valence-corrected chi connectivity index (χ4v) is 0.907. The van der Waals surface area contributed by atoms with Gasteiger partial charge >= 0.3 is 5.97 Å². The van der Waals surface area contributed by atoms with Crippen molar-refractivity contribution in [2.24, 2.45) is 0 Å². The minimum atomic E-state index is -0.275. The second-order valence-corrected chi connectivity index (χ2v) is 3.35. The summed E-state index contributed by atoms with van der Waals surface area (Å²) in [5, 5.41) is 0. The first kappa shape index (κ1) is 14.2. The van der Waals surface area contributed by atoms with Crippen LogP contribution in [0.4, 0.5) is 0 Å². The van der Waals surface area contributed by atoms with E-state index < -0.39 is 0 Å². The Balaban J connectivity index is 3.30. The van der Waals surface area contributed by atoms with Gasteiger partial charge in [-0.3, -0.25) is 0 Å². The average molecular weight is 214 g/mol. The fourth-order valence-electron chi connectivity index (χ4n) is 0.907. The lowest BCUT2D eigenvalue weighted by molar-refractivity contribution is -0.137. The summed E-state index contributed by atoms with van der Waals surface area (Å²) in [6.45, 7) is 5.93. The number of unbranched alkanes of at least 4 members (excludes halogenated alkanes) is 2. The summed E-state index contributed by atoms with van der Waals surface area (Å²) in [5.74, 6) is -0.275. The van der Waals surface area contributed by atoms with Gasteiger partial charge in [0.05, 0.1) is 13.2 Å². The topological polar surface area (TPSA) is 35.5 Å². The minimum absolute atomic E-state index is 0.275. The molecule has 0 aliphatic heterocycles. The highest BCUT2D eigenvalue weighted by molar-refractivity contribution is 5.81. The molecule has 3 nitrogen and oxygen atoms in total. The highest BCUT2D eigenvalue weighted by atomic mass is 16.5. The van der Waals surface area contributed by atoms with Crippen molar-refractivity contribution >= 4 is 5.97 Å². The van der Waals surface area contributed by atoms with E-state index in [9.17, 15) is 4.79 Å². The average Bonchev–Trinajstić information content (AvgIpc) is 2.23. The number of rotatable bonds is 9.